The number of carbonyl (C=O) groups excluding carboxylic acids is 1. The molecule has 24 heavy (non-hydrogen) atoms. The van der Waals surface area contributed by atoms with Gasteiger partial charge in [-0.2, -0.15) is 0 Å². The van der Waals surface area contributed by atoms with Crippen molar-refractivity contribution in [2.45, 2.75) is 18.8 Å². The second-order valence-corrected chi connectivity index (χ2v) is 5.98. The molecule has 2 aromatic heterocycles. The molecule has 7 heteroatoms. The number of nitrogens with two attached hydrogens (primary N) is 1. The van der Waals surface area contributed by atoms with Crippen LogP contribution in [0.3, 0.4) is 0 Å². The first-order chi connectivity index (χ1) is 11.7. The monoisotopic (exact) mass is 323 g/mol. The third-order valence-electron chi connectivity index (χ3n) is 4.57. The third kappa shape index (κ3) is 2.58. The van der Waals surface area contributed by atoms with Gasteiger partial charge in [0.1, 0.15) is 18.4 Å². The van der Waals surface area contributed by atoms with E-state index < -0.39 is 0 Å². The Kier molecular flexibility index (Phi) is 3.60. The molecule has 0 radical (unpaired) electrons. The summed E-state index contributed by atoms with van der Waals surface area (Å²) in [5.74, 6) is 0.803. The molecule has 4 rings (SSSR count). The van der Waals surface area contributed by atoms with Gasteiger partial charge >= 0.3 is 0 Å². The van der Waals surface area contributed by atoms with E-state index in [4.69, 9.17) is 10.3 Å². The molecular formula is C17H17N5O2. The summed E-state index contributed by atoms with van der Waals surface area (Å²) in [6, 6.07) is 7.27. The van der Waals surface area contributed by atoms with E-state index in [9.17, 15) is 4.79 Å². The SMILES string of the molecule is Nc1ncnc2cc(C(=O)N3CCC(c4ccon4)CC3)ccc12. The van der Waals surface area contributed by atoms with Gasteiger partial charge in [-0.1, -0.05) is 5.16 Å². The van der Waals surface area contributed by atoms with Crippen LogP contribution < -0.4 is 5.73 Å². The number of nitrogens with zero attached hydrogens (tertiary/aromatic N) is 4. The van der Waals surface area contributed by atoms with Crippen LogP contribution in [-0.2, 0) is 0 Å². The van der Waals surface area contributed by atoms with E-state index in [1.54, 1.807) is 24.5 Å². The minimum atomic E-state index is 0.0210. The second kappa shape index (κ2) is 5.92. The van der Waals surface area contributed by atoms with E-state index in [0.717, 1.165) is 23.9 Å². The fraction of sp³-hybridized carbons (Fsp3) is 0.294. The van der Waals surface area contributed by atoms with Crippen molar-refractivity contribution in [2.24, 2.45) is 0 Å². The average molecular weight is 323 g/mol. The van der Waals surface area contributed by atoms with Crippen LogP contribution in [0.2, 0.25) is 0 Å². The number of hydrogen-bond donors (Lipinski definition) is 1. The number of anilines is 1. The number of fused-ring (bicyclic) bond motifs is 1. The van der Waals surface area contributed by atoms with Crippen molar-refractivity contribution in [1.29, 1.82) is 0 Å². The number of rotatable bonds is 2. The summed E-state index contributed by atoms with van der Waals surface area (Å²) in [7, 11) is 0. The van der Waals surface area contributed by atoms with Crippen molar-refractivity contribution < 1.29 is 9.32 Å². The standard InChI is InChI=1S/C17H17N5O2/c18-16-13-2-1-12(9-15(13)19-10-20-16)17(23)22-6-3-11(4-7-22)14-5-8-24-21-14/h1-2,5,8-11H,3-4,6-7H2,(H2,18,19,20). The van der Waals surface area contributed by atoms with E-state index in [1.165, 1.54) is 6.33 Å². The van der Waals surface area contributed by atoms with Crippen LogP contribution in [0.15, 0.2) is 41.4 Å². The van der Waals surface area contributed by atoms with Gasteiger partial charge < -0.3 is 15.2 Å². The maximum absolute atomic E-state index is 12.7. The van der Waals surface area contributed by atoms with E-state index >= 15 is 0 Å². The number of likely N-dealkylation sites (tertiary alicyclic amines) is 1. The number of carbonyl (C=O) groups is 1. The molecule has 122 valence electrons. The fourth-order valence-corrected chi connectivity index (χ4v) is 3.20. The van der Waals surface area contributed by atoms with E-state index in [-0.39, 0.29) is 5.91 Å². The highest BCUT2D eigenvalue weighted by Crippen LogP contribution is 2.28. The van der Waals surface area contributed by atoms with Gasteiger partial charge in [0.2, 0.25) is 0 Å². The highest BCUT2D eigenvalue weighted by molar-refractivity contribution is 5.99. The lowest BCUT2D eigenvalue weighted by atomic mass is 9.93. The Morgan fingerprint density at radius 3 is 2.79 bits per heavy atom. The topological polar surface area (TPSA) is 98.1 Å². The third-order valence-corrected chi connectivity index (χ3v) is 4.57. The lowest BCUT2D eigenvalue weighted by molar-refractivity contribution is 0.0711. The largest absolute Gasteiger partial charge is 0.383 e. The first kappa shape index (κ1) is 14.6. The molecule has 1 aliphatic heterocycles. The molecule has 0 atom stereocenters. The second-order valence-electron chi connectivity index (χ2n) is 5.98. The molecule has 1 amide bonds. The van der Waals surface area contributed by atoms with Crippen molar-refractivity contribution in [2.75, 3.05) is 18.8 Å². The molecule has 0 bridgehead atoms. The molecule has 2 N–H and O–H groups in total. The molecule has 0 aliphatic carbocycles. The van der Waals surface area contributed by atoms with Crippen LogP contribution in [-0.4, -0.2) is 39.0 Å². The van der Waals surface area contributed by atoms with Crippen molar-refractivity contribution in [3.05, 3.63) is 48.1 Å². The van der Waals surface area contributed by atoms with Crippen molar-refractivity contribution >= 4 is 22.6 Å². The Hall–Kier alpha value is -2.96. The van der Waals surface area contributed by atoms with E-state index in [2.05, 4.69) is 15.1 Å². The summed E-state index contributed by atoms with van der Waals surface area (Å²) in [6.07, 6.45) is 4.78. The van der Waals surface area contributed by atoms with Gasteiger partial charge in [0.15, 0.2) is 0 Å². The Labute approximate surface area is 138 Å². The number of hydrogen-bond acceptors (Lipinski definition) is 6. The zero-order chi connectivity index (χ0) is 16.5. The van der Waals surface area contributed by atoms with Crippen LogP contribution in [0.1, 0.15) is 34.8 Å². The molecule has 3 heterocycles. The molecule has 0 spiro atoms. The smallest absolute Gasteiger partial charge is 0.253 e. The highest BCUT2D eigenvalue weighted by atomic mass is 16.5. The number of piperidine rings is 1. The summed E-state index contributed by atoms with van der Waals surface area (Å²) < 4.78 is 4.91. The normalized spacial score (nSPS) is 15.8. The van der Waals surface area contributed by atoms with Crippen molar-refractivity contribution in [3.8, 4) is 0 Å². The first-order valence-electron chi connectivity index (χ1n) is 7.92. The minimum absolute atomic E-state index is 0.0210. The summed E-state index contributed by atoms with van der Waals surface area (Å²) in [4.78, 5) is 22.8. The Morgan fingerprint density at radius 2 is 2.04 bits per heavy atom. The zero-order valence-electron chi connectivity index (χ0n) is 13.1. The van der Waals surface area contributed by atoms with Gasteiger partial charge in [0.05, 0.1) is 11.2 Å². The average Bonchev–Trinajstić information content (AvgIpc) is 3.16. The maximum atomic E-state index is 12.7. The van der Waals surface area contributed by atoms with Crippen LogP contribution in [0.25, 0.3) is 10.9 Å². The predicted octanol–water partition coefficient (Wildman–Crippen LogP) is 2.22. The predicted molar refractivity (Wildman–Crippen MR) is 88.3 cm³/mol. The molecule has 1 saturated heterocycles. The summed E-state index contributed by atoms with van der Waals surface area (Å²) >= 11 is 0. The van der Waals surface area contributed by atoms with Gasteiger partial charge in [0, 0.05) is 36.0 Å². The quantitative estimate of drug-likeness (QED) is 0.776. The first-order valence-corrected chi connectivity index (χ1v) is 7.92. The number of benzene rings is 1. The lowest BCUT2D eigenvalue weighted by Gasteiger charge is -2.31. The molecule has 7 nitrogen and oxygen atoms in total. The van der Waals surface area contributed by atoms with Crippen LogP contribution in [0.5, 0.6) is 0 Å². The molecular weight excluding hydrogens is 306 g/mol. The maximum Gasteiger partial charge on any atom is 0.253 e. The van der Waals surface area contributed by atoms with Crippen molar-refractivity contribution in [1.82, 2.24) is 20.0 Å². The summed E-state index contributed by atoms with van der Waals surface area (Å²) in [5, 5.41) is 4.77. The van der Waals surface area contributed by atoms with E-state index in [1.807, 2.05) is 11.0 Å². The molecule has 1 fully saturated rings. The van der Waals surface area contributed by atoms with Gasteiger partial charge in [-0.25, -0.2) is 9.97 Å². The van der Waals surface area contributed by atoms with Crippen LogP contribution in [0, 0.1) is 0 Å². The van der Waals surface area contributed by atoms with Crippen molar-refractivity contribution in [3.63, 3.8) is 0 Å². The molecule has 3 aromatic rings. The Morgan fingerprint density at radius 1 is 1.21 bits per heavy atom. The van der Waals surface area contributed by atoms with Gasteiger partial charge in [0.25, 0.3) is 5.91 Å². The Bertz CT molecular complexity index is 870. The number of amides is 1. The lowest BCUT2D eigenvalue weighted by Crippen LogP contribution is -2.38. The number of nitrogen functional groups attached to an aromatic ring is 1. The van der Waals surface area contributed by atoms with Crippen LogP contribution in [0.4, 0.5) is 5.82 Å². The van der Waals surface area contributed by atoms with Gasteiger partial charge in [-0.05, 0) is 31.0 Å². The molecule has 0 saturated carbocycles. The summed E-state index contributed by atoms with van der Waals surface area (Å²) in [5.41, 5.74) is 8.11. The summed E-state index contributed by atoms with van der Waals surface area (Å²) in [6.45, 7) is 1.42. The zero-order valence-corrected chi connectivity index (χ0v) is 13.1. The minimum Gasteiger partial charge on any atom is -0.383 e. The fourth-order valence-electron chi connectivity index (χ4n) is 3.20. The highest BCUT2D eigenvalue weighted by Gasteiger charge is 2.26. The Balaban J connectivity index is 1.50. The van der Waals surface area contributed by atoms with Gasteiger partial charge in [-0.3, -0.25) is 4.79 Å². The number of aromatic nitrogens is 3. The van der Waals surface area contributed by atoms with Crippen LogP contribution >= 0.6 is 0 Å². The molecule has 1 aliphatic rings. The molecule has 0 unspecified atom stereocenters. The molecule has 1 aromatic carbocycles. The van der Waals surface area contributed by atoms with Gasteiger partial charge in [-0.15, -0.1) is 0 Å². The van der Waals surface area contributed by atoms with E-state index in [0.29, 0.717) is 35.9 Å².